The lowest BCUT2D eigenvalue weighted by Crippen LogP contribution is -2.35. The minimum absolute atomic E-state index is 0.274. The molecule has 0 radical (unpaired) electrons. The van der Waals surface area contributed by atoms with Crippen molar-refractivity contribution in [1.29, 1.82) is 0 Å². The Morgan fingerprint density at radius 3 is 2.33 bits per heavy atom. The van der Waals surface area contributed by atoms with Crippen molar-refractivity contribution >= 4 is 11.9 Å². The largest absolute Gasteiger partial charge is 0.392 e. The molecule has 0 aliphatic rings. The second-order valence-electron chi connectivity index (χ2n) is 6.04. The minimum Gasteiger partial charge on any atom is -0.392 e. The van der Waals surface area contributed by atoms with Crippen molar-refractivity contribution in [3.63, 3.8) is 0 Å². The SMILES string of the molecule is C=CCCCCCCCCC(=O)OC(=O)[C@@H](N)Cc1ccccc1. The van der Waals surface area contributed by atoms with Crippen LogP contribution in [0.15, 0.2) is 43.0 Å². The molecule has 132 valence electrons. The van der Waals surface area contributed by atoms with E-state index in [0.717, 1.165) is 31.2 Å². The van der Waals surface area contributed by atoms with E-state index in [1.807, 2.05) is 36.4 Å². The molecule has 4 heteroatoms. The predicted octanol–water partition coefficient (Wildman–Crippen LogP) is 3.93. The summed E-state index contributed by atoms with van der Waals surface area (Å²) in [6.45, 7) is 3.70. The Balaban J connectivity index is 2.11. The van der Waals surface area contributed by atoms with Crippen molar-refractivity contribution in [3.8, 4) is 0 Å². The highest BCUT2D eigenvalue weighted by Gasteiger charge is 2.18. The van der Waals surface area contributed by atoms with Crippen molar-refractivity contribution in [2.45, 2.75) is 63.8 Å². The first-order valence-corrected chi connectivity index (χ1v) is 8.78. The number of ether oxygens (including phenoxy) is 1. The third-order valence-electron chi connectivity index (χ3n) is 3.85. The van der Waals surface area contributed by atoms with Gasteiger partial charge in [0.2, 0.25) is 0 Å². The zero-order chi connectivity index (χ0) is 17.6. The van der Waals surface area contributed by atoms with Crippen LogP contribution in [0.1, 0.15) is 56.9 Å². The molecule has 1 atom stereocenters. The van der Waals surface area contributed by atoms with E-state index in [9.17, 15) is 9.59 Å². The summed E-state index contributed by atoms with van der Waals surface area (Å²) in [5, 5.41) is 0. The van der Waals surface area contributed by atoms with Gasteiger partial charge in [-0.3, -0.25) is 4.79 Å². The van der Waals surface area contributed by atoms with Crippen LogP contribution in [-0.2, 0) is 20.7 Å². The fourth-order valence-electron chi connectivity index (χ4n) is 2.46. The standard InChI is InChI=1S/C20H29NO3/c1-2-3-4-5-6-7-8-12-15-19(22)24-20(23)18(21)16-17-13-10-9-11-14-17/h2,9-11,13-14,18H,1,3-8,12,15-16,21H2/t18-/m0/s1. The molecular weight excluding hydrogens is 302 g/mol. The summed E-state index contributed by atoms with van der Waals surface area (Å²) in [4.78, 5) is 23.5. The Bertz CT molecular complexity index is 499. The molecule has 1 aromatic carbocycles. The van der Waals surface area contributed by atoms with Gasteiger partial charge in [-0.25, -0.2) is 4.79 Å². The molecule has 0 aromatic heterocycles. The van der Waals surface area contributed by atoms with E-state index in [2.05, 4.69) is 6.58 Å². The Morgan fingerprint density at radius 1 is 1.04 bits per heavy atom. The number of rotatable bonds is 12. The van der Waals surface area contributed by atoms with E-state index in [1.54, 1.807) is 0 Å². The fraction of sp³-hybridized carbons (Fsp3) is 0.500. The number of esters is 2. The summed E-state index contributed by atoms with van der Waals surface area (Å²) >= 11 is 0. The smallest absolute Gasteiger partial charge is 0.330 e. The molecule has 2 N–H and O–H groups in total. The number of hydrogen-bond acceptors (Lipinski definition) is 4. The Morgan fingerprint density at radius 2 is 1.67 bits per heavy atom. The maximum Gasteiger partial charge on any atom is 0.330 e. The zero-order valence-corrected chi connectivity index (χ0v) is 14.4. The third kappa shape index (κ3) is 9.26. The quantitative estimate of drug-likeness (QED) is 0.273. The molecule has 0 saturated heterocycles. The number of allylic oxidation sites excluding steroid dienone is 1. The van der Waals surface area contributed by atoms with Crippen molar-refractivity contribution in [1.82, 2.24) is 0 Å². The second-order valence-corrected chi connectivity index (χ2v) is 6.04. The van der Waals surface area contributed by atoms with Gasteiger partial charge >= 0.3 is 11.9 Å². The highest BCUT2D eigenvalue weighted by atomic mass is 16.6. The Labute approximate surface area is 145 Å². The van der Waals surface area contributed by atoms with E-state index >= 15 is 0 Å². The maximum atomic E-state index is 11.8. The molecule has 0 saturated carbocycles. The zero-order valence-electron chi connectivity index (χ0n) is 14.4. The molecule has 4 nitrogen and oxygen atoms in total. The van der Waals surface area contributed by atoms with Crippen LogP contribution in [0, 0.1) is 0 Å². The number of benzene rings is 1. The number of carbonyl (C=O) groups excluding carboxylic acids is 2. The summed E-state index contributed by atoms with van der Waals surface area (Å²) in [6, 6.07) is 8.65. The van der Waals surface area contributed by atoms with Crippen LogP contribution >= 0.6 is 0 Å². The number of unbranched alkanes of at least 4 members (excludes halogenated alkanes) is 6. The Kier molecular flexibility index (Phi) is 10.5. The van der Waals surface area contributed by atoms with E-state index in [-0.39, 0.29) is 6.42 Å². The van der Waals surface area contributed by atoms with Crippen LogP contribution in [0.2, 0.25) is 0 Å². The van der Waals surface area contributed by atoms with Gasteiger partial charge in [-0.05, 0) is 31.2 Å². The van der Waals surface area contributed by atoms with Crippen molar-refractivity contribution < 1.29 is 14.3 Å². The molecule has 0 spiro atoms. The second kappa shape index (κ2) is 12.5. The summed E-state index contributed by atoms with van der Waals surface area (Å²) in [7, 11) is 0. The summed E-state index contributed by atoms with van der Waals surface area (Å²) in [5.74, 6) is -1.12. The fourth-order valence-corrected chi connectivity index (χ4v) is 2.46. The normalized spacial score (nSPS) is 11.7. The topological polar surface area (TPSA) is 69.4 Å². The van der Waals surface area contributed by atoms with Crippen molar-refractivity contribution in [3.05, 3.63) is 48.6 Å². The van der Waals surface area contributed by atoms with Crippen LogP contribution in [0.4, 0.5) is 0 Å². The minimum atomic E-state index is -0.804. The third-order valence-corrected chi connectivity index (χ3v) is 3.85. The van der Waals surface area contributed by atoms with Crippen molar-refractivity contribution in [2.24, 2.45) is 5.73 Å². The molecule has 0 aliphatic heterocycles. The summed E-state index contributed by atoms with van der Waals surface area (Å²) < 4.78 is 4.83. The first-order valence-electron chi connectivity index (χ1n) is 8.78. The molecular formula is C20H29NO3. The van der Waals surface area contributed by atoms with E-state index in [4.69, 9.17) is 10.5 Å². The molecule has 0 bridgehead atoms. The highest BCUT2D eigenvalue weighted by molar-refractivity contribution is 5.88. The van der Waals surface area contributed by atoms with Gasteiger partial charge < -0.3 is 10.5 Å². The lowest BCUT2D eigenvalue weighted by molar-refractivity contribution is -0.160. The van der Waals surface area contributed by atoms with Gasteiger partial charge in [0.15, 0.2) is 0 Å². The summed E-state index contributed by atoms with van der Waals surface area (Å²) in [5.41, 5.74) is 6.75. The molecule has 0 aliphatic carbocycles. The molecule has 1 rings (SSSR count). The summed E-state index contributed by atoms with van der Waals surface area (Å²) in [6.07, 6.45) is 10.0. The van der Waals surface area contributed by atoms with E-state index in [0.29, 0.717) is 6.42 Å². The van der Waals surface area contributed by atoms with Crippen LogP contribution in [-0.4, -0.2) is 18.0 Å². The molecule has 0 amide bonds. The van der Waals surface area contributed by atoms with Gasteiger partial charge in [0, 0.05) is 6.42 Å². The monoisotopic (exact) mass is 331 g/mol. The van der Waals surface area contributed by atoms with Crippen molar-refractivity contribution in [2.75, 3.05) is 0 Å². The Hall–Kier alpha value is -1.94. The van der Waals surface area contributed by atoms with Gasteiger partial charge in [0.25, 0.3) is 0 Å². The van der Waals surface area contributed by atoms with Crippen LogP contribution in [0.3, 0.4) is 0 Å². The van der Waals surface area contributed by atoms with Gasteiger partial charge in [-0.15, -0.1) is 6.58 Å². The lowest BCUT2D eigenvalue weighted by Gasteiger charge is -2.10. The van der Waals surface area contributed by atoms with Gasteiger partial charge in [-0.1, -0.05) is 62.1 Å². The van der Waals surface area contributed by atoms with E-state index < -0.39 is 18.0 Å². The molecule has 0 heterocycles. The first kappa shape index (κ1) is 20.1. The molecule has 1 aromatic rings. The highest BCUT2D eigenvalue weighted by Crippen LogP contribution is 2.10. The first-order chi connectivity index (χ1) is 11.6. The lowest BCUT2D eigenvalue weighted by atomic mass is 10.1. The van der Waals surface area contributed by atoms with E-state index in [1.165, 1.54) is 19.3 Å². The molecule has 0 unspecified atom stereocenters. The van der Waals surface area contributed by atoms with Crippen LogP contribution in [0.5, 0.6) is 0 Å². The predicted molar refractivity (Wildman–Crippen MR) is 96.4 cm³/mol. The van der Waals surface area contributed by atoms with Gasteiger partial charge in [0.05, 0.1) is 0 Å². The average molecular weight is 331 g/mol. The number of carbonyl (C=O) groups is 2. The van der Waals surface area contributed by atoms with Gasteiger partial charge in [0.1, 0.15) is 6.04 Å². The molecule has 0 fully saturated rings. The average Bonchev–Trinajstić information content (AvgIpc) is 2.58. The van der Waals surface area contributed by atoms with Crippen LogP contribution < -0.4 is 5.73 Å². The maximum absolute atomic E-state index is 11.8. The van der Waals surface area contributed by atoms with Gasteiger partial charge in [-0.2, -0.15) is 0 Å². The molecule has 24 heavy (non-hydrogen) atoms. The number of hydrogen-bond donors (Lipinski definition) is 1. The number of nitrogens with two attached hydrogens (primary N) is 1. The van der Waals surface area contributed by atoms with Crippen LogP contribution in [0.25, 0.3) is 0 Å².